The Morgan fingerprint density at radius 3 is 2.53 bits per heavy atom. The summed E-state index contributed by atoms with van der Waals surface area (Å²) in [7, 11) is 3.57. The number of hydrogen-bond donors (Lipinski definition) is 0. The Hall–Kier alpha value is -1.67. The molecular weight excluding hydrogens is 282 g/mol. The smallest absolute Gasteiger partial charge is 0.266 e. The molecule has 0 spiro atoms. The Morgan fingerprint density at radius 2 is 1.95 bits per heavy atom. The highest BCUT2D eigenvalue weighted by molar-refractivity contribution is 8.26. The highest BCUT2D eigenvalue weighted by Crippen LogP contribution is 2.31. The van der Waals surface area contributed by atoms with Crippen molar-refractivity contribution in [1.82, 2.24) is 14.9 Å². The van der Waals surface area contributed by atoms with Crippen molar-refractivity contribution in [3.8, 4) is 0 Å². The molecule has 1 saturated heterocycles. The molecule has 8 heteroatoms. The van der Waals surface area contributed by atoms with Gasteiger partial charge in [-0.1, -0.05) is 30.1 Å². The molecule has 1 amide bonds. The molecule has 0 unspecified atom stereocenters. The number of allylic oxidation sites excluding steroid dienone is 2. The molecule has 100 valence electrons. The van der Waals surface area contributed by atoms with Crippen LogP contribution in [0.3, 0.4) is 0 Å². The van der Waals surface area contributed by atoms with Gasteiger partial charge in [0, 0.05) is 20.6 Å². The number of carbonyl (C=O) groups excluding carboxylic acids is 1. The fourth-order valence-electron chi connectivity index (χ4n) is 1.59. The van der Waals surface area contributed by atoms with Gasteiger partial charge in [0.1, 0.15) is 10.1 Å². The first-order valence-electron chi connectivity index (χ1n) is 5.50. The molecule has 0 bridgehead atoms. The molecule has 0 aromatic rings. The van der Waals surface area contributed by atoms with Crippen molar-refractivity contribution in [1.29, 1.82) is 0 Å². The zero-order chi connectivity index (χ0) is 14.0. The molecule has 0 atom stereocenters. The zero-order valence-corrected chi connectivity index (χ0v) is 12.2. The van der Waals surface area contributed by atoms with Crippen LogP contribution in [0.15, 0.2) is 46.0 Å². The molecule has 0 radical (unpaired) electrons. The van der Waals surface area contributed by atoms with E-state index in [0.717, 1.165) is 5.82 Å². The summed E-state index contributed by atoms with van der Waals surface area (Å²) in [5, 5.41) is 11.0. The highest BCUT2D eigenvalue weighted by Gasteiger charge is 2.30. The molecule has 2 rings (SSSR count). The molecule has 2 aliphatic heterocycles. The SMILES string of the molecule is C=CCN1C(=O)/C(=C\C=C2N(C)N=NN2C)SC1=S. The standard InChI is InChI=1S/C11H13N5OS2/c1-4-7-16-10(17)8(19-11(16)18)5-6-9-14(2)12-13-15(9)3/h4-6H,1,7H2,2-3H3/b8-5+. The molecule has 19 heavy (non-hydrogen) atoms. The number of hydrogen-bond acceptors (Lipinski definition) is 7. The van der Waals surface area contributed by atoms with E-state index in [1.54, 1.807) is 42.3 Å². The van der Waals surface area contributed by atoms with Crippen molar-refractivity contribution in [3.63, 3.8) is 0 Å². The molecule has 0 aliphatic carbocycles. The van der Waals surface area contributed by atoms with Crippen LogP contribution in [0.25, 0.3) is 0 Å². The van der Waals surface area contributed by atoms with Gasteiger partial charge in [-0.15, -0.1) is 6.58 Å². The third-order valence-electron chi connectivity index (χ3n) is 2.54. The van der Waals surface area contributed by atoms with E-state index in [2.05, 4.69) is 17.0 Å². The Morgan fingerprint density at radius 1 is 1.32 bits per heavy atom. The Kier molecular flexibility index (Phi) is 4.01. The summed E-state index contributed by atoms with van der Waals surface area (Å²) in [4.78, 5) is 14.2. The molecule has 0 aromatic carbocycles. The number of amides is 1. The van der Waals surface area contributed by atoms with E-state index in [9.17, 15) is 4.79 Å². The summed E-state index contributed by atoms with van der Waals surface area (Å²) in [5.41, 5.74) is 0. The Bertz CT molecular complexity index is 511. The first-order valence-corrected chi connectivity index (χ1v) is 6.72. The summed E-state index contributed by atoms with van der Waals surface area (Å²) in [6.07, 6.45) is 5.18. The van der Waals surface area contributed by atoms with Gasteiger partial charge < -0.3 is 0 Å². The van der Waals surface area contributed by atoms with Gasteiger partial charge in [-0.25, -0.2) is 10.0 Å². The normalized spacial score (nSPS) is 21.1. The summed E-state index contributed by atoms with van der Waals surface area (Å²) in [6.45, 7) is 4.05. The third-order valence-corrected chi connectivity index (χ3v) is 3.94. The number of thiocarbonyl (C=S) groups is 1. The molecule has 1 fully saturated rings. The van der Waals surface area contributed by atoms with Crippen molar-refractivity contribution < 1.29 is 4.79 Å². The molecule has 0 aromatic heterocycles. The van der Waals surface area contributed by atoms with Crippen molar-refractivity contribution in [3.05, 3.63) is 35.5 Å². The minimum absolute atomic E-state index is 0.0936. The lowest BCUT2D eigenvalue weighted by atomic mass is 10.4. The quantitative estimate of drug-likeness (QED) is 0.452. The monoisotopic (exact) mass is 295 g/mol. The highest BCUT2D eigenvalue weighted by atomic mass is 32.2. The van der Waals surface area contributed by atoms with E-state index in [0.29, 0.717) is 15.8 Å². The van der Waals surface area contributed by atoms with Gasteiger partial charge in [-0.2, -0.15) is 0 Å². The maximum Gasteiger partial charge on any atom is 0.266 e. The largest absolute Gasteiger partial charge is 0.289 e. The zero-order valence-electron chi connectivity index (χ0n) is 10.6. The average molecular weight is 295 g/mol. The molecule has 6 nitrogen and oxygen atoms in total. The van der Waals surface area contributed by atoms with Crippen LogP contribution in [0.1, 0.15) is 0 Å². The minimum Gasteiger partial charge on any atom is -0.289 e. The number of carbonyl (C=O) groups is 1. The van der Waals surface area contributed by atoms with Gasteiger partial charge >= 0.3 is 0 Å². The number of nitrogens with zero attached hydrogens (tertiary/aromatic N) is 5. The summed E-state index contributed by atoms with van der Waals surface area (Å²) in [6, 6.07) is 0. The van der Waals surface area contributed by atoms with Gasteiger partial charge in [-0.05, 0) is 22.6 Å². The van der Waals surface area contributed by atoms with Crippen LogP contribution in [-0.2, 0) is 4.79 Å². The van der Waals surface area contributed by atoms with Gasteiger partial charge in [0.2, 0.25) is 0 Å². The van der Waals surface area contributed by atoms with Crippen LogP contribution in [-0.4, -0.2) is 45.8 Å². The summed E-state index contributed by atoms with van der Waals surface area (Å²) in [5.74, 6) is 0.693. The van der Waals surface area contributed by atoms with E-state index in [1.165, 1.54) is 16.7 Å². The van der Waals surface area contributed by atoms with Gasteiger partial charge in [-0.3, -0.25) is 9.69 Å². The maximum absolute atomic E-state index is 12.1. The lowest BCUT2D eigenvalue weighted by molar-refractivity contribution is -0.121. The predicted octanol–water partition coefficient (Wildman–Crippen LogP) is 1.92. The van der Waals surface area contributed by atoms with E-state index in [4.69, 9.17) is 12.2 Å². The molecule has 0 saturated carbocycles. The second-order valence-corrected chi connectivity index (χ2v) is 5.53. The minimum atomic E-state index is -0.0936. The van der Waals surface area contributed by atoms with E-state index < -0.39 is 0 Å². The van der Waals surface area contributed by atoms with Crippen LogP contribution in [0.4, 0.5) is 0 Å². The first kappa shape index (κ1) is 13.8. The van der Waals surface area contributed by atoms with Crippen molar-refractivity contribution in [2.75, 3.05) is 20.6 Å². The van der Waals surface area contributed by atoms with E-state index in [-0.39, 0.29) is 5.91 Å². The Labute approximate surface area is 121 Å². The fraction of sp³-hybridized carbons (Fsp3) is 0.273. The van der Waals surface area contributed by atoms with E-state index in [1.807, 2.05) is 0 Å². The number of thioether (sulfide) groups is 1. The van der Waals surface area contributed by atoms with Crippen LogP contribution in [0, 0.1) is 0 Å². The molecule has 2 heterocycles. The van der Waals surface area contributed by atoms with Crippen LogP contribution in [0.5, 0.6) is 0 Å². The molecular formula is C11H13N5OS2. The molecule has 0 N–H and O–H groups in total. The molecule has 2 aliphatic rings. The lowest BCUT2D eigenvalue weighted by Gasteiger charge is -2.11. The third kappa shape index (κ3) is 2.69. The van der Waals surface area contributed by atoms with E-state index >= 15 is 0 Å². The predicted molar refractivity (Wildman–Crippen MR) is 78.6 cm³/mol. The number of rotatable bonds is 3. The first-order chi connectivity index (χ1) is 9.04. The lowest BCUT2D eigenvalue weighted by Crippen LogP contribution is -2.27. The second-order valence-electron chi connectivity index (χ2n) is 3.85. The topological polar surface area (TPSA) is 51.5 Å². The van der Waals surface area contributed by atoms with Gasteiger partial charge in [0.05, 0.1) is 4.91 Å². The summed E-state index contributed by atoms with van der Waals surface area (Å²) < 4.78 is 0.553. The van der Waals surface area contributed by atoms with Gasteiger partial charge in [0.25, 0.3) is 5.91 Å². The summed E-state index contributed by atoms with van der Waals surface area (Å²) >= 11 is 6.44. The van der Waals surface area contributed by atoms with Crippen molar-refractivity contribution >= 4 is 34.2 Å². The van der Waals surface area contributed by atoms with Crippen LogP contribution >= 0.6 is 24.0 Å². The fourth-order valence-corrected chi connectivity index (χ4v) is 2.80. The van der Waals surface area contributed by atoms with Crippen LogP contribution in [0.2, 0.25) is 0 Å². The maximum atomic E-state index is 12.1. The second kappa shape index (κ2) is 5.54. The Balaban J connectivity index is 2.17. The average Bonchev–Trinajstić information content (AvgIpc) is 2.82. The van der Waals surface area contributed by atoms with Crippen molar-refractivity contribution in [2.45, 2.75) is 0 Å². The van der Waals surface area contributed by atoms with Gasteiger partial charge in [0.15, 0.2) is 0 Å². The van der Waals surface area contributed by atoms with Crippen LogP contribution < -0.4 is 0 Å². The van der Waals surface area contributed by atoms with Crippen molar-refractivity contribution in [2.24, 2.45) is 10.4 Å².